The summed E-state index contributed by atoms with van der Waals surface area (Å²) >= 11 is 0. The lowest BCUT2D eigenvalue weighted by Gasteiger charge is -2.60. The van der Waals surface area contributed by atoms with Gasteiger partial charge in [0.15, 0.2) is 0 Å². The molecule has 4 aliphatic rings. The Balaban J connectivity index is 0.00000144. The van der Waals surface area contributed by atoms with Gasteiger partial charge >= 0.3 is 0 Å². The van der Waals surface area contributed by atoms with Crippen LogP contribution in [0.3, 0.4) is 0 Å². The van der Waals surface area contributed by atoms with Gasteiger partial charge in [-0.15, -0.1) is 0 Å². The number of benzene rings is 1. The van der Waals surface area contributed by atoms with Crippen molar-refractivity contribution < 1.29 is 61.7 Å². The number of ether oxygens (including phenoxy) is 1. The van der Waals surface area contributed by atoms with Crippen LogP contribution in [-0.4, -0.2) is 68.4 Å². The second-order valence-electron chi connectivity index (χ2n) is 12.1. The highest BCUT2D eigenvalue weighted by Crippen LogP contribution is 2.57. The summed E-state index contributed by atoms with van der Waals surface area (Å²) in [5, 5.41) is 0. The molecule has 3 nitrogen and oxygen atoms in total. The van der Waals surface area contributed by atoms with Crippen LogP contribution in [0.15, 0.2) is 18.2 Å². The van der Waals surface area contributed by atoms with Crippen molar-refractivity contribution >= 4 is 0 Å². The number of nitrogens with zero attached hydrogens (tertiary/aromatic N) is 2. The molecule has 3 fully saturated rings. The number of hydrogen-bond acceptors (Lipinski definition) is 1. The lowest BCUT2D eigenvalue weighted by Crippen LogP contribution is -3.00. The fraction of sp³-hybridized carbons (Fsp3) is 0.778. The molecule has 4 atom stereocenters. The molecule has 1 aromatic rings. The van der Waals surface area contributed by atoms with E-state index in [-0.39, 0.29) is 48.0 Å². The van der Waals surface area contributed by atoms with Gasteiger partial charge in [-0.3, -0.25) is 0 Å². The topological polar surface area (TPSA) is 9.23 Å². The van der Waals surface area contributed by atoms with Crippen molar-refractivity contribution in [3.05, 3.63) is 29.3 Å². The minimum atomic E-state index is 0. The van der Waals surface area contributed by atoms with Crippen LogP contribution in [0.5, 0.6) is 5.75 Å². The van der Waals surface area contributed by atoms with Crippen molar-refractivity contribution in [3.8, 4) is 5.75 Å². The lowest BCUT2D eigenvalue weighted by atomic mass is 9.54. The van der Waals surface area contributed by atoms with Crippen LogP contribution in [0.2, 0.25) is 0 Å². The molecule has 0 amide bonds. The van der Waals surface area contributed by atoms with Gasteiger partial charge in [0.1, 0.15) is 18.9 Å². The quantitative estimate of drug-likeness (QED) is 0.297. The summed E-state index contributed by atoms with van der Waals surface area (Å²) in [6, 6.07) is 7.11. The molecule has 0 N–H and O–H groups in total. The number of likely N-dealkylation sites (tertiary alicyclic amines) is 2. The summed E-state index contributed by atoms with van der Waals surface area (Å²) in [4.78, 5) is 0. The zero-order valence-corrected chi connectivity index (χ0v) is 25.0. The summed E-state index contributed by atoms with van der Waals surface area (Å²) in [6.45, 7) is 8.63. The van der Waals surface area contributed by atoms with Gasteiger partial charge in [0.25, 0.3) is 0 Å². The average molecular weight is 666 g/mol. The first-order valence-electron chi connectivity index (χ1n) is 12.7. The van der Waals surface area contributed by atoms with E-state index in [4.69, 9.17) is 4.74 Å². The van der Waals surface area contributed by atoms with Gasteiger partial charge in [-0.1, -0.05) is 6.07 Å². The van der Waals surface area contributed by atoms with Crippen molar-refractivity contribution in [2.24, 2.45) is 11.8 Å². The highest BCUT2D eigenvalue weighted by Gasteiger charge is 2.57. The van der Waals surface area contributed by atoms with E-state index in [0.29, 0.717) is 5.54 Å². The largest absolute Gasteiger partial charge is 1.00 e. The molecule has 0 unspecified atom stereocenters. The third kappa shape index (κ3) is 4.75. The standard InChI is InChI=1S/C27H44N2O.2HI/c1-27-14-13-24-23-12-10-22(30-19-18-29(4)16-5-6-17-29)20-21(23)9-11-25(24)26(27)8-7-15-28(27,2)3;;/h10,12,20,24-26H,5-9,11,13-19H2,1-4H3;2*1H/q+2;;/p-2/t24-,25-,26+,27+;;/m1../s1. The zero-order valence-electron chi connectivity index (χ0n) is 20.7. The third-order valence-electron chi connectivity index (χ3n) is 10.2. The van der Waals surface area contributed by atoms with Crippen LogP contribution in [0.4, 0.5) is 0 Å². The Morgan fingerprint density at radius 1 is 0.969 bits per heavy atom. The summed E-state index contributed by atoms with van der Waals surface area (Å²) in [5.74, 6) is 3.68. The van der Waals surface area contributed by atoms with Crippen molar-refractivity contribution in [2.75, 3.05) is 53.9 Å². The van der Waals surface area contributed by atoms with Crippen molar-refractivity contribution in [2.45, 2.75) is 69.7 Å². The van der Waals surface area contributed by atoms with Gasteiger partial charge in [0.05, 0.1) is 46.3 Å². The number of fused-ring (bicyclic) bond motifs is 5. The van der Waals surface area contributed by atoms with E-state index in [9.17, 15) is 0 Å². The first kappa shape index (κ1) is 27.0. The minimum Gasteiger partial charge on any atom is -1.00 e. The molecule has 0 bridgehead atoms. The summed E-state index contributed by atoms with van der Waals surface area (Å²) in [5.41, 5.74) is 3.73. The Kier molecular flexibility index (Phi) is 8.58. The van der Waals surface area contributed by atoms with Crippen LogP contribution in [0.1, 0.15) is 68.9 Å². The highest BCUT2D eigenvalue weighted by atomic mass is 127. The smallest absolute Gasteiger partial charge is 0.137 e. The molecule has 2 aliphatic carbocycles. The zero-order chi connectivity index (χ0) is 21.0. The molecule has 1 saturated carbocycles. The summed E-state index contributed by atoms with van der Waals surface area (Å²) in [6.07, 6.45) is 11.0. The van der Waals surface area contributed by atoms with Gasteiger partial charge in [0, 0.05) is 25.2 Å². The fourth-order valence-electron chi connectivity index (χ4n) is 7.89. The Hall–Kier alpha value is 0.400. The molecule has 0 radical (unpaired) electrons. The summed E-state index contributed by atoms with van der Waals surface area (Å²) in [7, 11) is 7.39. The normalized spacial score (nSPS) is 34.2. The summed E-state index contributed by atoms with van der Waals surface area (Å²) < 4.78 is 8.68. The number of likely N-dealkylation sites (N-methyl/N-ethyl adjacent to an activating group) is 1. The maximum absolute atomic E-state index is 6.25. The van der Waals surface area contributed by atoms with Crippen molar-refractivity contribution in [3.63, 3.8) is 0 Å². The number of hydrogen-bond donors (Lipinski definition) is 0. The number of halogens is 2. The van der Waals surface area contributed by atoms with Crippen LogP contribution >= 0.6 is 0 Å². The molecule has 0 aromatic heterocycles. The van der Waals surface area contributed by atoms with E-state index in [1.807, 2.05) is 0 Å². The minimum absolute atomic E-state index is 0. The van der Waals surface area contributed by atoms with E-state index in [0.717, 1.165) is 36.7 Å². The maximum Gasteiger partial charge on any atom is 0.137 e. The van der Waals surface area contributed by atoms with Crippen LogP contribution in [0, 0.1) is 11.8 Å². The van der Waals surface area contributed by atoms with Crippen LogP contribution < -0.4 is 52.7 Å². The van der Waals surface area contributed by atoms with E-state index < -0.39 is 0 Å². The van der Waals surface area contributed by atoms with E-state index in [2.05, 4.69) is 46.3 Å². The predicted molar refractivity (Wildman–Crippen MR) is 124 cm³/mol. The van der Waals surface area contributed by atoms with Gasteiger partial charge < -0.3 is 61.7 Å². The number of quaternary nitrogens is 2. The fourth-order valence-corrected chi connectivity index (χ4v) is 7.89. The number of piperidine rings is 1. The molecule has 32 heavy (non-hydrogen) atoms. The van der Waals surface area contributed by atoms with E-state index >= 15 is 0 Å². The van der Waals surface area contributed by atoms with Crippen LogP contribution in [0.25, 0.3) is 0 Å². The Morgan fingerprint density at radius 3 is 2.47 bits per heavy atom. The monoisotopic (exact) mass is 666 g/mol. The molecule has 5 rings (SSSR count). The predicted octanol–water partition coefficient (Wildman–Crippen LogP) is -1.00. The molecule has 1 aromatic carbocycles. The Morgan fingerprint density at radius 2 is 1.72 bits per heavy atom. The second-order valence-corrected chi connectivity index (χ2v) is 12.1. The van der Waals surface area contributed by atoms with Gasteiger partial charge in [-0.25, -0.2) is 0 Å². The molecule has 2 aliphatic heterocycles. The second kappa shape index (κ2) is 10.2. The molecular formula is C27H44I2N2O. The highest BCUT2D eigenvalue weighted by molar-refractivity contribution is 5.40. The molecule has 2 heterocycles. The van der Waals surface area contributed by atoms with E-state index in [1.54, 1.807) is 11.1 Å². The maximum atomic E-state index is 6.25. The van der Waals surface area contributed by atoms with Crippen molar-refractivity contribution in [1.82, 2.24) is 0 Å². The molecular weight excluding hydrogens is 622 g/mol. The number of aryl methyl sites for hydroxylation is 1. The SMILES string of the molecule is C[C@]12CC[C@@H]3c4ccc(OCC[N+]5(C)CCCC5)cc4CC[C@H]3[C@@H]1CCC[N+]2(C)C.[I-].[I-]. The molecule has 5 heteroatoms. The van der Waals surface area contributed by atoms with Gasteiger partial charge in [0.2, 0.25) is 0 Å². The van der Waals surface area contributed by atoms with Gasteiger partial charge in [-0.05, 0) is 74.1 Å². The van der Waals surface area contributed by atoms with Crippen LogP contribution in [-0.2, 0) is 6.42 Å². The van der Waals surface area contributed by atoms with Gasteiger partial charge in [-0.2, -0.15) is 0 Å². The molecule has 0 spiro atoms. The first-order chi connectivity index (χ1) is 14.3. The third-order valence-corrected chi connectivity index (χ3v) is 10.2. The Bertz CT molecular complexity index is 792. The van der Waals surface area contributed by atoms with Crippen molar-refractivity contribution in [1.29, 1.82) is 0 Å². The average Bonchev–Trinajstić information content (AvgIpc) is 3.14. The molecule has 182 valence electrons. The molecule has 2 saturated heterocycles. The lowest BCUT2D eigenvalue weighted by molar-refractivity contribution is -0.952. The van der Waals surface area contributed by atoms with E-state index in [1.165, 1.54) is 80.0 Å². The Labute approximate surface area is 230 Å². The number of rotatable bonds is 4. The first-order valence-corrected chi connectivity index (χ1v) is 12.7.